The highest BCUT2D eigenvalue weighted by Crippen LogP contribution is 2.64. The number of nitrogens with two attached hydrogens (primary N) is 1. The fraction of sp³-hybridized carbons (Fsp3) is 0.538. The summed E-state index contributed by atoms with van der Waals surface area (Å²) in [6.45, 7) is 6.83. The van der Waals surface area contributed by atoms with Crippen LogP contribution in [0.25, 0.3) is 0 Å². The number of hydrogen-bond donors (Lipinski definition) is 1. The molecule has 1 fully saturated rings. The Morgan fingerprint density at radius 2 is 2.00 bits per heavy atom. The fourth-order valence-corrected chi connectivity index (χ4v) is 2.63. The minimum atomic E-state index is -0.136. The first-order valence-electron chi connectivity index (χ1n) is 5.40. The molecule has 1 unspecified atom stereocenters. The second kappa shape index (κ2) is 3.05. The van der Waals surface area contributed by atoms with E-state index in [0.29, 0.717) is 6.54 Å². The molecular formula is C13H18FN. The molecule has 2 N–H and O–H groups in total. The van der Waals surface area contributed by atoms with Crippen molar-refractivity contribution in [1.82, 2.24) is 0 Å². The van der Waals surface area contributed by atoms with E-state index in [0.717, 1.165) is 17.5 Å². The SMILES string of the molecule is Cc1ccc(F)c(C2(CN)CC2(C)C)c1. The predicted molar refractivity (Wildman–Crippen MR) is 60.3 cm³/mol. The zero-order valence-electron chi connectivity index (χ0n) is 9.60. The maximum Gasteiger partial charge on any atom is 0.127 e. The normalized spacial score (nSPS) is 27.8. The van der Waals surface area contributed by atoms with Crippen LogP contribution >= 0.6 is 0 Å². The van der Waals surface area contributed by atoms with E-state index in [1.54, 1.807) is 12.1 Å². The number of hydrogen-bond acceptors (Lipinski definition) is 1. The van der Waals surface area contributed by atoms with E-state index < -0.39 is 0 Å². The molecule has 2 heteroatoms. The molecule has 2 rings (SSSR count). The molecule has 0 aromatic heterocycles. The summed E-state index contributed by atoms with van der Waals surface area (Å²) in [7, 11) is 0. The van der Waals surface area contributed by atoms with Gasteiger partial charge in [-0.05, 0) is 30.4 Å². The van der Waals surface area contributed by atoms with Gasteiger partial charge in [0.25, 0.3) is 0 Å². The molecule has 1 aliphatic carbocycles. The number of aryl methyl sites for hydroxylation is 1. The van der Waals surface area contributed by atoms with Crippen LogP contribution in [0, 0.1) is 18.2 Å². The lowest BCUT2D eigenvalue weighted by Gasteiger charge is -2.20. The van der Waals surface area contributed by atoms with Gasteiger partial charge in [-0.25, -0.2) is 4.39 Å². The predicted octanol–water partition coefficient (Wildman–Crippen LogP) is 2.76. The van der Waals surface area contributed by atoms with Crippen molar-refractivity contribution >= 4 is 0 Å². The topological polar surface area (TPSA) is 26.0 Å². The molecule has 0 heterocycles. The molecule has 15 heavy (non-hydrogen) atoms. The van der Waals surface area contributed by atoms with Crippen LogP contribution < -0.4 is 5.73 Å². The molecule has 0 aliphatic heterocycles. The lowest BCUT2D eigenvalue weighted by Crippen LogP contribution is -2.26. The maximum atomic E-state index is 13.8. The Morgan fingerprint density at radius 3 is 2.47 bits per heavy atom. The van der Waals surface area contributed by atoms with Crippen molar-refractivity contribution in [3.63, 3.8) is 0 Å². The molecule has 0 amide bonds. The summed E-state index contributed by atoms with van der Waals surface area (Å²) in [5.41, 5.74) is 7.73. The molecule has 1 atom stereocenters. The summed E-state index contributed by atoms with van der Waals surface area (Å²) >= 11 is 0. The summed E-state index contributed by atoms with van der Waals surface area (Å²) in [5.74, 6) is -0.114. The van der Waals surface area contributed by atoms with E-state index in [4.69, 9.17) is 5.73 Å². The Morgan fingerprint density at radius 1 is 1.40 bits per heavy atom. The number of halogens is 1. The molecule has 1 nitrogen and oxygen atoms in total. The second-order valence-electron chi connectivity index (χ2n) is 5.33. The third-order valence-electron chi connectivity index (χ3n) is 3.90. The lowest BCUT2D eigenvalue weighted by molar-refractivity contribution is 0.477. The zero-order valence-corrected chi connectivity index (χ0v) is 9.60. The fourth-order valence-electron chi connectivity index (χ4n) is 2.63. The van der Waals surface area contributed by atoms with E-state index in [2.05, 4.69) is 13.8 Å². The van der Waals surface area contributed by atoms with Gasteiger partial charge in [0.15, 0.2) is 0 Å². The van der Waals surface area contributed by atoms with Gasteiger partial charge in [-0.2, -0.15) is 0 Å². The van der Waals surface area contributed by atoms with Crippen LogP contribution in [0.3, 0.4) is 0 Å². The van der Waals surface area contributed by atoms with Gasteiger partial charge in [-0.15, -0.1) is 0 Å². The third kappa shape index (κ3) is 1.39. The zero-order chi connectivity index (χ0) is 11.3. The minimum Gasteiger partial charge on any atom is -0.330 e. The Kier molecular flexibility index (Phi) is 2.16. The highest BCUT2D eigenvalue weighted by molar-refractivity contribution is 5.40. The largest absolute Gasteiger partial charge is 0.330 e. The standard InChI is InChI=1S/C13H18FN/c1-9-4-5-11(14)10(6-9)13(8-15)7-12(13,2)3/h4-6H,7-8,15H2,1-3H3. The average Bonchev–Trinajstić information content (AvgIpc) is 2.74. The molecular weight excluding hydrogens is 189 g/mol. The molecule has 0 bridgehead atoms. The second-order valence-corrected chi connectivity index (χ2v) is 5.33. The minimum absolute atomic E-state index is 0.114. The average molecular weight is 207 g/mol. The highest BCUT2D eigenvalue weighted by atomic mass is 19.1. The van der Waals surface area contributed by atoms with E-state index in [1.807, 2.05) is 13.0 Å². The number of benzene rings is 1. The van der Waals surface area contributed by atoms with Crippen LogP contribution in [0.2, 0.25) is 0 Å². The Labute approximate surface area is 90.5 Å². The molecule has 1 saturated carbocycles. The highest BCUT2D eigenvalue weighted by Gasteiger charge is 2.61. The van der Waals surface area contributed by atoms with Gasteiger partial charge in [0.2, 0.25) is 0 Å². The van der Waals surface area contributed by atoms with Crippen LogP contribution in [0.15, 0.2) is 18.2 Å². The van der Waals surface area contributed by atoms with Gasteiger partial charge < -0.3 is 5.73 Å². The molecule has 1 aromatic carbocycles. The van der Waals surface area contributed by atoms with Gasteiger partial charge in [-0.1, -0.05) is 31.5 Å². The van der Waals surface area contributed by atoms with Gasteiger partial charge >= 0.3 is 0 Å². The summed E-state index contributed by atoms with van der Waals surface area (Å²) in [6, 6.07) is 5.30. The van der Waals surface area contributed by atoms with Crippen LogP contribution in [-0.4, -0.2) is 6.54 Å². The third-order valence-corrected chi connectivity index (χ3v) is 3.90. The van der Waals surface area contributed by atoms with Crippen molar-refractivity contribution in [2.24, 2.45) is 11.1 Å². The lowest BCUT2D eigenvalue weighted by atomic mass is 9.87. The van der Waals surface area contributed by atoms with Crippen molar-refractivity contribution in [2.75, 3.05) is 6.54 Å². The summed E-state index contributed by atoms with van der Waals surface area (Å²) < 4.78 is 13.8. The van der Waals surface area contributed by atoms with Crippen molar-refractivity contribution in [3.8, 4) is 0 Å². The van der Waals surface area contributed by atoms with Crippen molar-refractivity contribution in [2.45, 2.75) is 32.6 Å². The molecule has 0 radical (unpaired) electrons. The van der Waals surface area contributed by atoms with Crippen LogP contribution in [0.4, 0.5) is 4.39 Å². The van der Waals surface area contributed by atoms with Crippen LogP contribution in [0.1, 0.15) is 31.4 Å². The monoisotopic (exact) mass is 207 g/mol. The van der Waals surface area contributed by atoms with Gasteiger partial charge in [0.05, 0.1) is 0 Å². The van der Waals surface area contributed by atoms with Gasteiger partial charge in [-0.3, -0.25) is 0 Å². The van der Waals surface area contributed by atoms with Gasteiger partial charge in [0.1, 0.15) is 5.82 Å². The van der Waals surface area contributed by atoms with E-state index in [1.165, 1.54) is 0 Å². The first-order valence-corrected chi connectivity index (χ1v) is 5.40. The first-order chi connectivity index (χ1) is 6.93. The summed E-state index contributed by atoms with van der Waals surface area (Å²) in [5, 5.41) is 0. The first kappa shape index (κ1) is 10.6. The quantitative estimate of drug-likeness (QED) is 0.793. The Hall–Kier alpha value is -0.890. The van der Waals surface area contributed by atoms with Gasteiger partial charge in [0, 0.05) is 12.0 Å². The molecule has 1 aromatic rings. The molecule has 0 spiro atoms. The molecule has 1 aliphatic rings. The van der Waals surface area contributed by atoms with E-state index >= 15 is 0 Å². The number of rotatable bonds is 2. The van der Waals surface area contributed by atoms with Crippen molar-refractivity contribution in [3.05, 3.63) is 35.1 Å². The molecule has 82 valence electrons. The van der Waals surface area contributed by atoms with E-state index in [9.17, 15) is 4.39 Å². The van der Waals surface area contributed by atoms with Crippen molar-refractivity contribution < 1.29 is 4.39 Å². The van der Waals surface area contributed by atoms with Crippen molar-refractivity contribution in [1.29, 1.82) is 0 Å². The maximum absolute atomic E-state index is 13.8. The van der Waals surface area contributed by atoms with Crippen LogP contribution in [0.5, 0.6) is 0 Å². The Bertz CT molecular complexity index is 398. The summed E-state index contributed by atoms with van der Waals surface area (Å²) in [4.78, 5) is 0. The van der Waals surface area contributed by atoms with Crippen LogP contribution in [-0.2, 0) is 5.41 Å². The smallest absolute Gasteiger partial charge is 0.127 e. The molecule has 0 saturated heterocycles. The summed E-state index contributed by atoms with van der Waals surface area (Å²) in [6.07, 6.45) is 0.983. The van der Waals surface area contributed by atoms with E-state index in [-0.39, 0.29) is 16.6 Å². The Balaban J connectivity index is 2.50.